The van der Waals surface area contributed by atoms with E-state index in [0.717, 1.165) is 100 Å². The Morgan fingerprint density at radius 1 is 0.212 bits per heavy atom. The van der Waals surface area contributed by atoms with Crippen LogP contribution in [0.5, 0.6) is 0 Å². The minimum absolute atomic E-state index is 0. The summed E-state index contributed by atoms with van der Waals surface area (Å²) >= 11 is 2.54. The molecule has 0 bridgehead atoms. The average molecular weight is 1450 g/mol. The zero-order valence-corrected chi connectivity index (χ0v) is 63.3. The van der Waals surface area contributed by atoms with Crippen LogP contribution in [0.1, 0.15) is 27.7 Å². The third-order valence-electron chi connectivity index (χ3n) is 21.5. The minimum Gasteiger partial charge on any atom is -1.00 e. The third-order valence-corrected chi connectivity index (χ3v) is 29.1. The summed E-state index contributed by atoms with van der Waals surface area (Å²) in [6.07, 6.45) is 0. The van der Waals surface area contributed by atoms with Crippen molar-refractivity contribution in [2.45, 2.75) is 32.7 Å². The van der Waals surface area contributed by atoms with Crippen LogP contribution in [0.25, 0.3) is 134 Å². The molecule has 500 valence electrons. The number of rotatable bonds is 16. The van der Waals surface area contributed by atoms with Crippen molar-refractivity contribution < 1.29 is 57.7 Å². The first-order chi connectivity index (χ1) is 49.8. The molecule has 15 aromatic rings. The van der Waals surface area contributed by atoms with E-state index in [2.05, 4.69) is 430 Å². The normalized spacial score (nSPS) is 13.4. The van der Waals surface area contributed by atoms with E-state index in [1.165, 1.54) is 69.5 Å². The molecule has 0 nitrogen and oxygen atoms in total. The van der Waals surface area contributed by atoms with Crippen LogP contribution in [0.15, 0.2) is 403 Å². The van der Waals surface area contributed by atoms with Crippen LogP contribution in [0.3, 0.4) is 0 Å². The molecule has 0 aromatic heterocycles. The Balaban J connectivity index is 0.00000320. The van der Waals surface area contributed by atoms with E-state index in [9.17, 15) is 0 Å². The van der Waals surface area contributed by atoms with Crippen LogP contribution >= 0.6 is 0 Å². The molecular weight excluding hydrogens is 1370 g/mol. The standard InChI is InChI=1S/C99H75Si.3ClH.Ti/c1-69-68-99(4,71(3)70(69)2)100(96-90(78-53-29-11-30-54-78)84(72-41-17-5-18-42-72)65-85(73-43-19-6-20-44-73)91(96)79-55-31-12-32-56-79,97-92(80-57-33-13-34-58-80)86(74-45-21-7-22-46-74)66-87(75-47-23-8-24-48-75)93(97)81-59-35-14-36-60-81)98-94(82-61-37-15-38-62-82)88(76-49-25-9-26-50-76)67-89(77-51-27-10-28-52-77)95(98)83-63-39-16-40-64-83;;;;/h5-67H,1-4H3;3*1H;/q;;;;+3/p-3. The van der Waals surface area contributed by atoms with Gasteiger partial charge >= 0.3 is 613 Å². The predicted molar refractivity (Wildman–Crippen MR) is 429 cm³/mol. The summed E-state index contributed by atoms with van der Waals surface area (Å²) in [7, 11) is -4.79. The van der Waals surface area contributed by atoms with Crippen LogP contribution in [-0.4, -0.2) is 8.07 Å². The maximum atomic E-state index is 2.74. The van der Waals surface area contributed by atoms with Crippen molar-refractivity contribution in [2.24, 2.45) is 0 Å². The van der Waals surface area contributed by atoms with Gasteiger partial charge in [0.05, 0.1) is 0 Å². The van der Waals surface area contributed by atoms with Crippen LogP contribution in [0.2, 0.25) is 5.04 Å². The van der Waals surface area contributed by atoms with Gasteiger partial charge in [-0.3, -0.25) is 0 Å². The molecule has 0 radical (unpaired) electrons. The summed E-state index contributed by atoms with van der Waals surface area (Å²) in [6, 6.07) is 145. The summed E-state index contributed by atoms with van der Waals surface area (Å²) in [5.74, 6) is 0. The molecule has 0 N–H and O–H groups in total. The molecule has 0 aliphatic heterocycles. The average Bonchev–Trinajstić information content (AvgIpc) is 1.17. The van der Waals surface area contributed by atoms with E-state index in [1.54, 1.807) is 0 Å². The maximum absolute atomic E-state index is 4.79. The fourth-order valence-electron chi connectivity index (χ4n) is 16.7. The van der Waals surface area contributed by atoms with Gasteiger partial charge in [-0.1, -0.05) is 0 Å². The summed E-state index contributed by atoms with van der Waals surface area (Å²) in [4.78, 5) is 0. The Morgan fingerprint density at radius 3 is 0.490 bits per heavy atom. The molecule has 1 aliphatic carbocycles. The van der Waals surface area contributed by atoms with Crippen LogP contribution < -0.4 is 52.8 Å². The second kappa shape index (κ2) is 31.3. The zero-order chi connectivity index (χ0) is 68.4. The monoisotopic (exact) mass is 1440 g/mol. The van der Waals surface area contributed by atoms with Crippen molar-refractivity contribution in [1.82, 2.24) is 0 Å². The van der Waals surface area contributed by atoms with Gasteiger partial charge in [0.15, 0.2) is 0 Å². The van der Waals surface area contributed by atoms with Crippen molar-refractivity contribution >= 4 is 23.6 Å². The van der Waals surface area contributed by atoms with Gasteiger partial charge < -0.3 is 37.2 Å². The maximum Gasteiger partial charge on any atom is -1.00 e. The quantitative estimate of drug-likeness (QED) is 0.0668. The fraction of sp³-hybridized carbons (Fsp3) is 0.0505. The molecule has 16 rings (SSSR count). The van der Waals surface area contributed by atoms with Gasteiger partial charge in [0.2, 0.25) is 0 Å². The van der Waals surface area contributed by atoms with E-state index < -0.39 is 13.1 Å². The minimum atomic E-state index is -4.79. The van der Waals surface area contributed by atoms with E-state index >= 15 is 0 Å². The number of allylic oxidation sites excluding steroid dienone is 4. The molecule has 15 aromatic carbocycles. The molecular formula is C99H75Cl3SiTi. The first kappa shape index (κ1) is 72.0. The van der Waals surface area contributed by atoms with E-state index in [1.807, 2.05) is 0 Å². The molecule has 0 fully saturated rings. The number of hydrogen-bond acceptors (Lipinski definition) is 0. The van der Waals surface area contributed by atoms with E-state index in [4.69, 9.17) is 0 Å². The van der Waals surface area contributed by atoms with Crippen LogP contribution in [0.4, 0.5) is 0 Å². The second-order valence-electron chi connectivity index (χ2n) is 26.8. The SMILES string of the molecule is CC1=C(C)C(C)([Si](c2c(-c3ccccc3)c(-c3ccccc3)cc(-c3ccccc3)c2-c2ccccc2)(c2c(-c3ccccc3)c(-c3ccccc3)cc(-c3ccccc3)c2-c2ccccc2)c2c(-c3ccccc3)c(-c3ccccc3)cc(-c3ccccc3)c2-c2ccccc2)[C]([Ti+3])=C1C.[Cl-].[Cl-].[Cl-]. The molecule has 5 heteroatoms. The Kier molecular flexibility index (Phi) is 21.6. The molecule has 1 aliphatic rings. The summed E-state index contributed by atoms with van der Waals surface area (Å²) in [5, 5.41) is 3.12. The van der Waals surface area contributed by atoms with Crippen molar-refractivity contribution in [3.8, 4) is 134 Å². The molecule has 0 saturated carbocycles. The van der Waals surface area contributed by atoms with Crippen molar-refractivity contribution in [1.29, 1.82) is 0 Å². The number of halogens is 3. The molecule has 104 heavy (non-hydrogen) atoms. The van der Waals surface area contributed by atoms with Crippen LogP contribution in [0, 0.1) is 0 Å². The smallest absolute Gasteiger partial charge is 1.00 e. The van der Waals surface area contributed by atoms with Crippen molar-refractivity contribution in [2.75, 3.05) is 0 Å². The van der Waals surface area contributed by atoms with E-state index in [0.29, 0.717) is 0 Å². The van der Waals surface area contributed by atoms with Crippen LogP contribution in [-0.2, 0) is 20.4 Å². The molecule has 0 spiro atoms. The Bertz CT molecular complexity index is 4710. The van der Waals surface area contributed by atoms with Gasteiger partial charge in [-0.05, 0) is 0 Å². The van der Waals surface area contributed by atoms with E-state index in [-0.39, 0.29) is 37.2 Å². The molecule has 1 atom stereocenters. The predicted octanol–water partition coefficient (Wildman–Crippen LogP) is 16.1. The Morgan fingerprint density at radius 2 is 0.356 bits per heavy atom. The molecule has 0 saturated heterocycles. The molecule has 0 amide bonds. The second-order valence-corrected chi connectivity index (χ2v) is 31.6. The largest absolute Gasteiger partial charge is 1.00 e. The van der Waals surface area contributed by atoms with Gasteiger partial charge in [-0.15, -0.1) is 0 Å². The summed E-state index contributed by atoms with van der Waals surface area (Å²) in [5.41, 5.74) is 31.9. The summed E-state index contributed by atoms with van der Waals surface area (Å²) < 4.78 is 1.36. The van der Waals surface area contributed by atoms with Gasteiger partial charge in [0.25, 0.3) is 0 Å². The third kappa shape index (κ3) is 12.6. The van der Waals surface area contributed by atoms with Crippen molar-refractivity contribution in [3.63, 3.8) is 0 Å². The summed E-state index contributed by atoms with van der Waals surface area (Å²) in [6.45, 7) is 10.1. The van der Waals surface area contributed by atoms with Gasteiger partial charge in [-0.25, -0.2) is 0 Å². The van der Waals surface area contributed by atoms with Gasteiger partial charge in [0, 0.05) is 0 Å². The van der Waals surface area contributed by atoms with Gasteiger partial charge in [0.1, 0.15) is 0 Å². The first-order valence-corrected chi connectivity index (χ1v) is 37.9. The molecule has 0 heterocycles. The Labute approximate surface area is 644 Å². The fourth-order valence-corrected chi connectivity index (χ4v) is 25.6. The van der Waals surface area contributed by atoms with Crippen molar-refractivity contribution in [3.05, 3.63) is 403 Å². The first-order valence-electron chi connectivity index (χ1n) is 35.2. The zero-order valence-electron chi connectivity index (χ0n) is 58.5. The Hall–Kier alpha value is -10.4. The molecule has 1 unspecified atom stereocenters. The van der Waals surface area contributed by atoms with Gasteiger partial charge in [-0.2, -0.15) is 0 Å². The topological polar surface area (TPSA) is 0 Å². The number of hydrogen-bond donors (Lipinski definition) is 0. The number of benzene rings is 15.